The van der Waals surface area contributed by atoms with Gasteiger partial charge < -0.3 is 4.74 Å². The molecule has 0 spiro atoms. The minimum atomic E-state index is -2.52. The van der Waals surface area contributed by atoms with Gasteiger partial charge in [-0.2, -0.15) is 0 Å². The summed E-state index contributed by atoms with van der Waals surface area (Å²) in [4.78, 5) is 4.26. The summed E-state index contributed by atoms with van der Waals surface area (Å²) in [5.74, 6) is -1.73. The zero-order valence-corrected chi connectivity index (χ0v) is 11.0. The summed E-state index contributed by atoms with van der Waals surface area (Å²) >= 11 is 5.78. The van der Waals surface area contributed by atoms with Gasteiger partial charge in [-0.05, 0) is 31.4 Å². The number of halogens is 3. The fourth-order valence-electron chi connectivity index (χ4n) is 2.22. The monoisotopic (exact) mass is 275 g/mol. The van der Waals surface area contributed by atoms with Crippen LogP contribution >= 0.6 is 11.6 Å². The first-order valence-electron chi connectivity index (χ1n) is 6.03. The quantitative estimate of drug-likeness (QED) is 0.777. The smallest absolute Gasteiger partial charge is 0.248 e. The highest BCUT2D eigenvalue weighted by Crippen LogP contribution is 2.39. The molecule has 2 nitrogen and oxygen atoms in total. The number of hydrogen-bond donors (Lipinski definition) is 0. The van der Waals surface area contributed by atoms with Crippen molar-refractivity contribution in [1.82, 2.24) is 4.98 Å². The van der Waals surface area contributed by atoms with Crippen LogP contribution in [0.5, 0.6) is 5.75 Å². The van der Waals surface area contributed by atoms with Gasteiger partial charge >= 0.3 is 0 Å². The largest absolute Gasteiger partial charge is 0.491 e. The highest BCUT2D eigenvalue weighted by Gasteiger charge is 2.39. The van der Waals surface area contributed by atoms with Crippen molar-refractivity contribution in [3.05, 3.63) is 23.5 Å². The van der Waals surface area contributed by atoms with Crippen LogP contribution in [-0.2, 0) is 5.88 Å². The summed E-state index contributed by atoms with van der Waals surface area (Å²) in [6, 6.07) is 3.63. The van der Waals surface area contributed by atoms with Crippen molar-refractivity contribution >= 4 is 11.6 Å². The average Bonchev–Trinajstić information content (AvgIpc) is 2.67. The fraction of sp³-hybridized carbons (Fsp3) is 0.615. The van der Waals surface area contributed by atoms with Crippen LogP contribution in [0, 0.1) is 12.8 Å². The first-order valence-corrected chi connectivity index (χ1v) is 6.57. The Morgan fingerprint density at radius 2 is 2.28 bits per heavy atom. The number of aromatic nitrogens is 1. The maximum atomic E-state index is 13.0. The Morgan fingerprint density at radius 3 is 2.89 bits per heavy atom. The van der Waals surface area contributed by atoms with Crippen LogP contribution in [-0.4, -0.2) is 17.5 Å². The van der Waals surface area contributed by atoms with E-state index in [1.165, 1.54) is 0 Å². The molecule has 0 bridgehead atoms. The third-order valence-electron chi connectivity index (χ3n) is 3.18. The van der Waals surface area contributed by atoms with Gasteiger partial charge in [0.05, 0.1) is 18.2 Å². The van der Waals surface area contributed by atoms with E-state index < -0.39 is 5.92 Å². The van der Waals surface area contributed by atoms with Gasteiger partial charge in [-0.25, -0.2) is 8.78 Å². The summed E-state index contributed by atoms with van der Waals surface area (Å²) in [5, 5.41) is 0. The molecular weight excluding hydrogens is 260 g/mol. The first-order chi connectivity index (χ1) is 8.50. The molecule has 2 rings (SSSR count). The molecule has 1 fully saturated rings. The molecule has 0 aliphatic heterocycles. The second-order valence-corrected chi connectivity index (χ2v) is 5.07. The second kappa shape index (κ2) is 5.39. The number of rotatable bonds is 4. The van der Waals surface area contributed by atoms with Crippen LogP contribution in [0.2, 0.25) is 0 Å². The van der Waals surface area contributed by atoms with Gasteiger partial charge in [0.15, 0.2) is 0 Å². The molecule has 0 saturated heterocycles. The summed E-state index contributed by atoms with van der Waals surface area (Å²) in [7, 11) is 0. The van der Waals surface area contributed by atoms with Crippen LogP contribution in [0.4, 0.5) is 8.78 Å². The van der Waals surface area contributed by atoms with Crippen molar-refractivity contribution in [2.24, 2.45) is 5.92 Å². The maximum absolute atomic E-state index is 13.0. The third-order valence-corrected chi connectivity index (χ3v) is 3.43. The maximum Gasteiger partial charge on any atom is 0.248 e. The molecule has 18 heavy (non-hydrogen) atoms. The van der Waals surface area contributed by atoms with Gasteiger partial charge in [0.2, 0.25) is 5.92 Å². The molecule has 0 N–H and O–H groups in total. The minimum absolute atomic E-state index is 0.0322. The van der Waals surface area contributed by atoms with Gasteiger partial charge in [-0.3, -0.25) is 4.98 Å². The highest BCUT2D eigenvalue weighted by atomic mass is 35.5. The standard InChI is InChI=1S/C13H16ClF2NO/c1-9-2-3-12(11(7-14)17-9)18-8-10-4-5-13(15,16)6-10/h2-3,10H,4-8H2,1H3. The molecule has 0 radical (unpaired) electrons. The predicted octanol–water partition coefficient (Wildman–Crippen LogP) is 3.94. The third kappa shape index (κ3) is 3.31. The Balaban J connectivity index is 1.94. The van der Waals surface area contributed by atoms with Gasteiger partial charge in [-0.1, -0.05) is 0 Å². The lowest BCUT2D eigenvalue weighted by Crippen LogP contribution is -2.14. The van der Waals surface area contributed by atoms with E-state index in [1.807, 2.05) is 13.0 Å². The molecule has 1 heterocycles. The van der Waals surface area contributed by atoms with Gasteiger partial charge in [-0.15, -0.1) is 11.6 Å². The molecular formula is C13H16ClF2NO. The van der Waals surface area contributed by atoms with Crippen molar-refractivity contribution < 1.29 is 13.5 Å². The number of pyridine rings is 1. The average molecular weight is 276 g/mol. The lowest BCUT2D eigenvalue weighted by Gasteiger charge is -2.14. The fourth-order valence-corrected chi connectivity index (χ4v) is 2.41. The Morgan fingerprint density at radius 1 is 1.50 bits per heavy atom. The van der Waals surface area contributed by atoms with Crippen LogP contribution < -0.4 is 4.74 Å². The van der Waals surface area contributed by atoms with Crippen molar-refractivity contribution in [3.63, 3.8) is 0 Å². The normalized spacial score (nSPS) is 22.1. The number of aryl methyl sites for hydroxylation is 1. The van der Waals surface area contributed by atoms with Crippen molar-refractivity contribution in [2.45, 2.75) is 38.0 Å². The molecule has 1 atom stereocenters. The number of ether oxygens (including phenoxy) is 1. The molecule has 100 valence electrons. The molecule has 1 unspecified atom stereocenters. The molecule has 5 heteroatoms. The summed E-state index contributed by atoms with van der Waals surface area (Å²) in [6.07, 6.45) is 0.403. The lowest BCUT2D eigenvalue weighted by atomic mass is 10.1. The van der Waals surface area contributed by atoms with E-state index in [0.717, 1.165) is 5.69 Å². The summed E-state index contributed by atoms with van der Waals surface area (Å²) in [6.45, 7) is 2.18. The first kappa shape index (κ1) is 13.5. The zero-order chi connectivity index (χ0) is 13.2. The van der Waals surface area contributed by atoms with Crippen LogP contribution in [0.3, 0.4) is 0 Å². The van der Waals surface area contributed by atoms with Crippen molar-refractivity contribution in [1.29, 1.82) is 0 Å². The van der Waals surface area contributed by atoms with Gasteiger partial charge in [0.25, 0.3) is 0 Å². The van der Waals surface area contributed by atoms with E-state index in [0.29, 0.717) is 24.5 Å². The van der Waals surface area contributed by atoms with Crippen LogP contribution in [0.1, 0.15) is 30.7 Å². The second-order valence-electron chi connectivity index (χ2n) is 4.81. The van der Waals surface area contributed by atoms with Gasteiger partial charge in [0.1, 0.15) is 5.75 Å². The van der Waals surface area contributed by atoms with Crippen LogP contribution in [0.15, 0.2) is 12.1 Å². The van der Waals surface area contributed by atoms with Crippen molar-refractivity contribution in [2.75, 3.05) is 6.61 Å². The molecule has 0 aromatic carbocycles. The van der Waals surface area contributed by atoms with E-state index in [2.05, 4.69) is 4.98 Å². The van der Waals surface area contributed by atoms with E-state index >= 15 is 0 Å². The Labute approximate surface area is 110 Å². The topological polar surface area (TPSA) is 22.1 Å². The molecule has 1 aromatic rings. The minimum Gasteiger partial charge on any atom is -0.491 e. The highest BCUT2D eigenvalue weighted by molar-refractivity contribution is 6.17. The van der Waals surface area contributed by atoms with E-state index in [-0.39, 0.29) is 24.6 Å². The number of nitrogens with zero attached hydrogens (tertiary/aromatic N) is 1. The number of hydrogen-bond acceptors (Lipinski definition) is 2. The molecule has 1 saturated carbocycles. The summed E-state index contributed by atoms with van der Waals surface area (Å²) in [5.41, 5.74) is 1.53. The SMILES string of the molecule is Cc1ccc(OCC2CCC(F)(F)C2)c(CCl)n1. The molecule has 1 aromatic heterocycles. The lowest BCUT2D eigenvalue weighted by molar-refractivity contribution is 0.00290. The van der Waals surface area contributed by atoms with E-state index in [1.54, 1.807) is 6.07 Å². The molecule has 0 amide bonds. The summed E-state index contributed by atoms with van der Waals surface area (Å²) < 4.78 is 31.6. The van der Waals surface area contributed by atoms with E-state index in [4.69, 9.17) is 16.3 Å². The molecule has 1 aliphatic rings. The molecule has 1 aliphatic carbocycles. The Kier molecular flexibility index (Phi) is 4.05. The Hall–Kier alpha value is -0.900. The number of alkyl halides is 3. The van der Waals surface area contributed by atoms with Crippen molar-refractivity contribution in [3.8, 4) is 5.75 Å². The van der Waals surface area contributed by atoms with E-state index in [9.17, 15) is 8.78 Å². The van der Waals surface area contributed by atoms with Gasteiger partial charge in [0, 0.05) is 18.5 Å². The predicted molar refractivity (Wildman–Crippen MR) is 66.3 cm³/mol. The Bertz CT molecular complexity index is 425. The zero-order valence-electron chi connectivity index (χ0n) is 10.3. The van der Waals surface area contributed by atoms with Crippen LogP contribution in [0.25, 0.3) is 0 Å².